The number of hydrogen-bond acceptors (Lipinski definition) is 9. The smallest absolute Gasteiger partial charge is 0.184 e. The van der Waals surface area contributed by atoms with Crippen molar-refractivity contribution in [2.75, 3.05) is 6.61 Å². The van der Waals surface area contributed by atoms with Crippen LogP contribution in [0.3, 0.4) is 0 Å². The molecule has 0 aromatic carbocycles. The molecule has 0 aromatic rings. The van der Waals surface area contributed by atoms with E-state index in [1.54, 1.807) is 6.92 Å². The monoisotopic (exact) mass is 310 g/mol. The standard InChI is InChI=1S/C12H22O9/c1-4-5(14)2-6(15)12(19-4)21-10-8(16)7(3-13)20-11(18)9(10)17/h4-18H,2-3H2,1H3/t4-,5+,6-,7-,8-,9+,10+,11?,12-/m1/s1. The Hall–Kier alpha value is -0.360. The average Bonchev–Trinajstić information content (AvgIpc) is 2.44. The number of hydrogen-bond donors (Lipinski definition) is 6. The number of rotatable bonds is 3. The van der Waals surface area contributed by atoms with E-state index in [4.69, 9.17) is 19.3 Å². The van der Waals surface area contributed by atoms with Crippen molar-refractivity contribution in [2.45, 2.75) is 68.7 Å². The highest BCUT2D eigenvalue weighted by Crippen LogP contribution is 2.27. The molecule has 9 atom stereocenters. The van der Waals surface area contributed by atoms with Gasteiger partial charge < -0.3 is 44.8 Å². The van der Waals surface area contributed by atoms with Crippen molar-refractivity contribution in [2.24, 2.45) is 0 Å². The number of aliphatic hydroxyl groups excluding tert-OH is 6. The molecule has 1 unspecified atom stereocenters. The molecular formula is C12H22O9. The third-order valence-corrected chi connectivity index (χ3v) is 3.82. The molecule has 2 aliphatic heterocycles. The quantitative estimate of drug-likeness (QED) is 0.314. The molecule has 0 aromatic heterocycles. The second-order valence-electron chi connectivity index (χ2n) is 5.41. The fourth-order valence-corrected chi connectivity index (χ4v) is 2.45. The molecule has 0 radical (unpaired) electrons. The Kier molecular flexibility index (Phi) is 5.52. The molecule has 9 heteroatoms. The van der Waals surface area contributed by atoms with Crippen LogP contribution in [-0.2, 0) is 14.2 Å². The average molecular weight is 310 g/mol. The Morgan fingerprint density at radius 3 is 2.29 bits per heavy atom. The summed E-state index contributed by atoms with van der Waals surface area (Å²) < 4.78 is 15.5. The zero-order valence-electron chi connectivity index (χ0n) is 11.5. The topological polar surface area (TPSA) is 149 Å². The van der Waals surface area contributed by atoms with Crippen LogP contribution in [0.1, 0.15) is 13.3 Å². The molecule has 0 saturated carbocycles. The molecule has 0 aliphatic carbocycles. The minimum atomic E-state index is -1.64. The van der Waals surface area contributed by atoms with E-state index in [1.807, 2.05) is 0 Å². The van der Waals surface area contributed by atoms with Crippen LogP contribution in [0, 0.1) is 0 Å². The molecule has 2 rings (SSSR count). The van der Waals surface area contributed by atoms with E-state index < -0.39 is 61.9 Å². The van der Waals surface area contributed by atoms with Crippen molar-refractivity contribution in [3.05, 3.63) is 0 Å². The van der Waals surface area contributed by atoms with Gasteiger partial charge in [-0.2, -0.15) is 0 Å². The Morgan fingerprint density at radius 2 is 1.67 bits per heavy atom. The predicted molar refractivity (Wildman–Crippen MR) is 65.8 cm³/mol. The number of aliphatic hydroxyl groups is 6. The van der Waals surface area contributed by atoms with Gasteiger partial charge in [0.25, 0.3) is 0 Å². The van der Waals surface area contributed by atoms with Gasteiger partial charge in [-0.05, 0) is 6.92 Å². The largest absolute Gasteiger partial charge is 0.394 e. The molecule has 0 amide bonds. The Labute approximate surface area is 121 Å². The Morgan fingerprint density at radius 1 is 1.00 bits per heavy atom. The van der Waals surface area contributed by atoms with Crippen molar-refractivity contribution in [1.29, 1.82) is 0 Å². The highest BCUT2D eigenvalue weighted by atomic mass is 16.7. The van der Waals surface area contributed by atoms with Gasteiger partial charge in [0.05, 0.1) is 18.8 Å². The molecule has 2 aliphatic rings. The lowest BCUT2D eigenvalue weighted by Gasteiger charge is -2.43. The van der Waals surface area contributed by atoms with Gasteiger partial charge in [0.15, 0.2) is 12.6 Å². The van der Waals surface area contributed by atoms with E-state index in [0.29, 0.717) is 0 Å². The van der Waals surface area contributed by atoms with E-state index in [1.165, 1.54) is 0 Å². The summed E-state index contributed by atoms with van der Waals surface area (Å²) in [7, 11) is 0. The highest BCUT2D eigenvalue weighted by Gasteiger charge is 2.47. The maximum atomic E-state index is 9.98. The molecule has 2 heterocycles. The lowest BCUT2D eigenvalue weighted by molar-refractivity contribution is -0.341. The van der Waals surface area contributed by atoms with Crippen molar-refractivity contribution in [1.82, 2.24) is 0 Å². The first-order valence-corrected chi connectivity index (χ1v) is 6.82. The molecule has 124 valence electrons. The molecule has 2 saturated heterocycles. The van der Waals surface area contributed by atoms with Gasteiger partial charge in [-0.3, -0.25) is 0 Å². The molecule has 21 heavy (non-hydrogen) atoms. The van der Waals surface area contributed by atoms with Crippen LogP contribution in [-0.4, -0.2) is 92.6 Å². The summed E-state index contributed by atoms with van der Waals surface area (Å²) in [5, 5.41) is 57.8. The van der Waals surface area contributed by atoms with Crippen LogP contribution < -0.4 is 0 Å². The van der Waals surface area contributed by atoms with Crippen molar-refractivity contribution < 1.29 is 44.8 Å². The van der Waals surface area contributed by atoms with E-state index in [9.17, 15) is 25.5 Å². The van der Waals surface area contributed by atoms with Crippen molar-refractivity contribution >= 4 is 0 Å². The summed E-state index contributed by atoms with van der Waals surface area (Å²) in [5.41, 5.74) is 0. The predicted octanol–water partition coefficient (Wildman–Crippen LogP) is -3.34. The molecule has 6 N–H and O–H groups in total. The fraction of sp³-hybridized carbons (Fsp3) is 1.00. The first-order valence-electron chi connectivity index (χ1n) is 6.82. The van der Waals surface area contributed by atoms with E-state index in [2.05, 4.69) is 0 Å². The summed E-state index contributed by atoms with van der Waals surface area (Å²) in [4.78, 5) is 0. The van der Waals surface area contributed by atoms with Crippen LogP contribution in [0.15, 0.2) is 0 Å². The van der Waals surface area contributed by atoms with E-state index in [0.717, 1.165) is 0 Å². The molecule has 2 fully saturated rings. The fourth-order valence-electron chi connectivity index (χ4n) is 2.45. The molecule has 0 bridgehead atoms. The maximum Gasteiger partial charge on any atom is 0.184 e. The lowest BCUT2D eigenvalue weighted by atomic mass is 9.98. The second kappa shape index (κ2) is 6.82. The van der Waals surface area contributed by atoms with Crippen LogP contribution in [0.5, 0.6) is 0 Å². The first kappa shape index (κ1) is 17.0. The number of ether oxygens (including phenoxy) is 3. The summed E-state index contributed by atoms with van der Waals surface area (Å²) in [6.45, 7) is 1.02. The third kappa shape index (κ3) is 3.52. The lowest BCUT2D eigenvalue weighted by Crippen LogP contribution is -2.61. The van der Waals surface area contributed by atoms with Gasteiger partial charge >= 0.3 is 0 Å². The maximum absolute atomic E-state index is 9.98. The van der Waals surface area contributed by atoms with Gasteiger partial charge in [0.2, 0.25) is 0 Å². The van der Waals surface area contributed by atoms with Gasteiger partial charge in [-0.25, -0.2) is 0 Å². The first-order chi connectivity index (χ1) is 9.85. The second-order valence-corrected chi connectivity index (χ2v) is 5.41. The molecule has 9 nitrogen and oxygen atoms in total. The summed E-state index contributed by atoms with van der Waals surface area (Å²) in [6, 6.07) is 0. The van der Waals surface area contributed by atoms with Gasteiger partial charge in [0, 0.05) is 6.42 Å². The van der Waals surface area contributed by atoms with Gasteiger partial charge in [-0.1, -0.05) is 0 Å². The third-order valence-electron chi connectivity index (χ3n) is 3.82. The summed E-state index contributed by atoms with van der Waals surface area (Å²) in [5.74, 6) is 0. The SMILES string of the molecule is C[C@H]1O[C@H](O[C@H]2[C@H](O)[C@@H](CO)OC(O)[C@H]2O)[C@H](O)C[C@@H]1O. The summed E-state index contributed by atoms with van der Waals surface area (Å²) >= 11 is 0. The van der Waals surface area contributed by atoms with Crippen LogP contribution in [0.4, 0.5) is 0 Å². The van der Waals surface area contributed by atoms with E-state index >= 15 is 0 Å². The summed E-state index contributed by atoms with van der Waals surface area (Å²) in [6.07, 6.45) is -10.8. The zero-order valence-corrected chi connectivity index (χ0v) is 11.5. The highest BCUT2D eigenvalue weighted by molar-refractivity contribution is 4.91. The van der Waals surface area contributed by atoms with Crippen LogP contribution in [0.25, 0.3) is 0 Å². The molecular weight excluding hydrogens is 288 g/mol. The van der Waals surface area contributed by atoms with Gasteiger partial charge in [-0.15, -0.1) is 0 Å². The zero-order chi connectivity index (χ0) is 15.7. The van der Waals surface area contributed by atoms with E-state index in [-0.39, 0.29) is 6.42 Å². The molecule has 0 spiro atoms. The van der Waals surface area contributed by atoms with Crippen LogP contribution in [0.2, 0.25) is 0 Å². The Balaban J connectivity index is 2.05. The van der Waals surface area contributed by atoms with Gasteiger partial charge in [0.1, 0.15) is 30.5 Å². The van der Waals surface area contributed by atoms with Crippen molar-refractivity contribution in [3.8, 4) is 0 Å². The minimum absolute atomic E-state index is 0.0211. The minimum Gasteiger partial charge on any atom is -0.394 e. The van der Waals surface area contributed by atoms with Crippen molar-refractivity contribution in [3.63, 3.8) is 0 Å². The Bertz CT molecular complexity index is 341. The normalized spacial score (nSPS) is 51.9. The van der Waals surface area contributed by atoms with Crippen LogP contribution >= 0.6 is 0 Å².